The summed E-state index contributed by atoms with van der Waals surface area (Å²) in [4.78, 5) is 18.5. The van der Waals surface area contributed by atoms with Crippen LogP contribution in [-0.2, 0) is 16.9 Å². The minimum absolute atomic E-state index is 0.372. The Kier molecular flexibility index (Phi) is 4.02. The van der Waals surface area contributed by atoms with Gasteiger partial charge in [-0.2, -0.15) is 0 Å². The zero-order chi connectivity index (χ0) is 20.2. The standard InChI is InChI=1S/C24H19ClN2O2/c1-15-6-2-3-7-16(15)14-27-22-11-10-17(25)12-19(22)24(29,23(27)28)20-13-26-21-9-5-4-8-18(20)21/h2-13,26,29H,14H2,1H3/t24-/m0/s1. The van der Waals surface area contributed by atoms with Crippen LogP contribution in [0.1, 0.15) is 22.3 Å². The van der Waals surface area contributed by atoms with Gasteiger partial charge in [0.05, 0.1) is 12.2 Å². The van der Waals surface area contributed by atoms with Crippen molar-refractivity contribution in [2.75, 3.05) is 4.90 Å². The smallest absolute Gasteiger partial charge is 0.268 e. The fraction of sp³-hybridized carbons (Fsp3) is 0.125. The van der Waals surface area contributed by atoms with Crippen LogP contribution in [0.2, 0.25) is 5.02 Å². The molecule has 0 radical (unpaired) electrons. The number of nitrogens with one attached hydrogen (secondary N) is 1. The lowest BCUT2D eigenvalue weighted by atomic mass is 9.87. The molecule has 2 heterocycles. The molecule has 5 heteroatoms. The maximum Gasteiger partial charge on any atom is 0.268 e. The van der Waals surface area contributed by atoms with Gasteiger partial charge in [0.15, 0.2) is 5.60 Å². The minimum Gasteiger partial charge on any atom is -0.372 e. The molecule has 4 aromatic rings. The van der Waals surface area contributed by atoms with Gasteiger partial charge in [-0.05, 0) is 42.3 Å². The Morgan fingerprint density at radius 3 is 2.62 bits per heavy atom. The van der Waals surface area contributed by atoms with E-state index >= 15 is 0 Å². The molecule has 1 amide bonds. The molecule has 29 heavy (non-hydrogen) atoms. The molecule has 0 saturated carbocycles. The normalized spacial score (nSPS) is 18.4. The van der Waals surface area contributed by atoms with E-state index in [0.29, 0.717) is 28.4 Å². The lowest BCUT2D eigenvalue weighted by Gasteiger charge is -2.23. The summed E-state index contributed by atoms with van der Waals surface area (Å²) in [6.07, 6.45) is 1.71. The maximum atomic E-state index is 13.7. The fourth-order valence-electron chi connectivity index (χ4n) is 4.20. The van der Waals surface area contributed by atoms with Crippen LogP contribution in [-0.4, -0.2) is 16.0 Å². The Balaban J connectivity index is 1.70. The van der Waals surface area contributed by atoms with E-state index in [4.69, 9.17) is 11.6 Å². The Morgan fingerprint density at radius 2 is 1.79 bits per heavy atom. The first kappa shape index (κ1) is 18.0. The summed E-state index contributed by atoms with van der Waals surface area (Å²) in [7, 11) is 0. The number of aromatic amines is 1. The predicted octanol–water partition coefficient (Wildman–Crippen LogP) is 4.91. The molecule has 4 nitrogen and oxygen atoms in total. The predicted molar refractivity (Wildman–Crippen MR) is 115 cm³/mol. The molecule has 1 aromatic heterocycles. The van der Waals surface area contributed by atoms with E-state index in [0.717, 1.165) is 22.0 Å². The number of anilines is 1. The summed E-state index contributed by atoms with van der Waals surface area (Å²) in [5, 5.41) is 13.1. The van der Waals surface area contributed by atoms with Crippen molar-refractivity contribution in [2.45, 2.75) is 19.1 Å². The number of rotatable bonds is 3. The van der Waals surface area contributed by atoms with Gasteiger partial charge in [0.1, 0.15) is 0 Å². The number of aryl methyl sites for hydroxylation is 1. The highest BCUT2D eigenvalue weighted by Crippen LogP contribution is 2.47. The van der Waals surface area contributed by atoms with E-state index in [1.54, 1.807) is 29.3 Å². The fourth-order valence-corrected chi connectivity index (χ4v) is 4.37. The van der Waals surface area contributed by atoms with Crippen molar-refractivity contribution in [1.29, 1.82) is 0 Å². The first-order valence-corrected chi connectivity index (χ1v) is 9.83. The number of aliphatic hydroxyl groups is 1. The molecule has 0 spiro atoms. The second-order valence-electron chi connectivity index (χ2n) is 7.44. The SMILES string of the molecule is Cc1ccccc1CN1C(=O)[C@@](O)(c2c[nH]c3ccccc23)c2cc(Cl)ccc21. The van der Waals surface area contributed by atoms with Gasteiger partial charge in [0, 0.05) is 33.2 Å². The number of carbonyl (C=O) groups excluding carboxylic acids is 1. The summed E-state index contributed by atoms with van der Waals surface area (Å²) >= 11 is 6.26. The monoisotopic (exact) mass is 402 g/mol. The highest BCUT2D eigenvalue weighted by Gasteiger charge is 2.52. The van der Waals surface area contributed by atoms with Crippen LogP contribution < -0.4 is 4.90 Å². The number of fused-ring (bicyclic) bond motifs is 2. The van der Waals surface area contributed by atoms with Crippen LogP contribution in [0.4, 0.5) is 5.69 Å². The molecule has 0 bridgehead atoms. The van der Waals surface area contributed by atoms with Crippen LogP contribution in [0, 0.1) is 6.92 Å². The molecule has 5 rings (SSSR count). The number of benzene rings is 3. The average Bonchev–Trinajstić information content (AvgIpc) is 3.24. The largest absolute Gasteiger partial charge is 0.372 e. The topological polar surface area (TPSA) is 56.3 Å². The Hall–Kier alpha value is -3.08. The third-order valence-electron chi connectivity index (χ3n) is 5.76. The molecule has 2 N–H and O–H groups in total. The van der Waals surface area contributed by atoms with Gasteiger partial charge >= 0.3 is 0 Å². The third-order valence-corrected chi connectivity index (χ3v) is 6.00. The lowest BCUT2D eigenvalue weighted by molar-refractivity contribution is -0.132. The average molecular weight is 403 g/mol. The zero-order valence-electron chi connectivity index (χ0n) is 15.8. The van der Waals surface area contributed by atoms with Gasteiger partial charge in [-0.3, -0.25) is 4.79 Å². The van der Waals surface area contributed by atoms with Crippen molar-refractivity contribution in [3.8, 4) is 0 Å². The van der Waals surface area contributed by atoms with E-state index in [9.17, 15) is 9.90 Å². The van der Waals surface area contributed by atoms with Crippen molar-refractivity contribution in [2.24, 2.45) is 0 Å². The Bertz CT molecular complexity index is 1260. The molecule has 0 fully saturated rings. The summed E-state index contributed by atoms with van der Waals surface area (Å²) in [5.74, 6) is -0.372. The van der Waals surface area contributed by atoms with Crippen LogP contribution in [0.3, 0.4) is 0 Å². The van der Waals surface area contributed by atoms with Gasteiger partial charge in [-0.25, -0.2) is 0 Å². The highest BCUT2D eigenvalue weighted by atomic mass is 35.5. The zero-order valence-corrected chi connectivity index (χ0v) is 16.6. The molecule has 1 aliphatic heterocycles. The van der Waals surface area contributed by atoms with Crippen molar-refractivity contribution in [1.82, 2.24) is 4.98 Å². The first-order valence-electron chi connectivity index (χ1n) is 9.45. The van der Waals surface area contributed by atoms with Gasteiger partial charge in [-0.15, -0.1) is 0 Å². The van der Waals surface area contributed by atoms with Crippen LogP contribution in [0.15, 0.2) is 72.9 Å². The number of hydrogen-bond acceptors (Lipinski definition) is 2. The van der Waals surface area contributed by atoms with Crippen LogP contribution in [0.25, 0.3) is 10.9 Å². The summed E-state index contributed by atoms with van der Waals surface area (Å²) in [5.41, 5.74) is 2.91. The second-order valence-corrected chi connectivity index (χ2v) is 7.87. The van der Waals surface area contributed by atoms with Crippen LogP contribution >= 0.6 is 11.6 Å². The van der Waals surface area contributed by atoms with Gasteiger partial charge in [0.2, 0.25) is 0 Å². The molecule has 1 aliphatic rings. The minimum atomic E-state index is -1.80. The van der Waals surface area contributed by atoms with Crippen molar-refractivity contribution < 1.29 is 9.90 Å². The number of para-hydroxylation sites is 1. The van der Waals surface area contributed by atoms with Gasteiger partial charge < -0.3 is 15.0 Å². The number of hydrogen-bond donors (Lipinski definition) is 2. The lowest BCUT2D eigenvalue weighted by Crippen LogP contribution is -2.40. The molecule has 144 valence electrons. The molecule has 0 unspecified atom stereocenters. The number of carbonyl (C=O) groups is 1. The number of nitrogens with zero attached hydrogens (tertiary/aromatic N) is 1. The van der Waals surface area contributed by atoms with E-state index in [1.807, 2.05) is 55.5 Å². The Morgan fingerprint density at radius 1 is 1.03 bits per heavy atom. The van der Waals surface area contributed by atoms with Crippen LogP contribution in [0.5, 0.6) is 0 Å². The van der Waals surface area contributed by atoms with Gasteiger partial charge in [-0.1, -0.05) is 54.1 Å². The third kappa shape index (κ3) is 2.60. The molecular weight excluding hydrogens is 384 g/mol. The number of halogens is 1. The van der Waals surface area contributed by atoms with Crippen molar-refractivity contribution in [3.05, 3.63) is 100 Å². The molecule has 3 aromatic carbocycles. The van der Waals surface area contributed by atoms with Crippen molar-refractivity contribution in [3.63, 3.8) is 0 Å². The summed E-state index contributed by atoms with van der Waals surface area (Å²) < 4.78 is 0. The van der Waals surface area contributed by atoms with Crippen molar-refractivity contribution >= 4 is 34.1 Å². The van der Waals surface area contributed by atoms with E-state index in [-0.39, 0.29) is 5.91 Å². The molecular formula is C24H19ClN2O2. The first-order chi connectivity index (χ1) is 14.0. The van der Waals surface area contributed by atoms with Gasteiger partial charge in [0.25, 0.3) is 5.91 Å². The Labute approximate surface area is 173 Å². The molecule has 0 saturated heterocycles. The summed E-state index contributed by atoms with van der Waals surface area (Å²) in [6, 6.07) is 20.8. The maximum absolute atomic E-state index is 13.7. The quantitative estimate of drug-likeness (QED) is 0.511. The van der Waals surface area contributed by atoms with E-state index < -0.39 is 5.60 Å². The van der Waals surface area contributed by atoms with E-state index in [1.165, 1.54) is 0 Å². The highest BCUT2D eigenvalue weighted by molar-refractivity contribution is 6.31. The number of aromatic nitrogens is 1. The van der Waals surface area contributed by atoms with E-state index in [2.05, 4.69) is 4.98 Å². The number of amides is 1. The second kappa shape index (κ2) is 6.48. The molecule has 0 aliphatic carbocycles. The number of H-pyrrole nitrogens is 1. The summed E-state index contributed by atoms with van der Waals surface area (Å²) in [6.45, 7) is 2.40. The molecule has 1 atom stereocenters.